The predicted octanol–water partition coefficient (Wildman–Crippen LogP) is 1.64. The molecule has 1 atom stereocenters. The molecule has 5 nitrogen and oxygen atoms in total. The molecule has 21 heavy (non-hydrogen) atoms. The first-order valence-electron chi connectivity index (χ1n) is 6.70. The number of amides is 1. The Morgan fingerprint density at radius 1 is 1.57 bits per heavy atom. The van der Waals surface area contributed by atoms with Gasteiger partial charge in [-0.25, -0.2) is 5.43 Å². The molecule has 0 aromatic heterocycles. The molecule has 112 valence electrons. The van der Waals surface area contributed by atoms with E-state index in [9.17, 15) is 4.79 Å². The molecule has 0 saturated heterocycles. The number of hydrogen-bond acceptors (Lipinski definition) is 5. The Labute approximate surface area is 128 Å². The largest absolute Gasteiger partial charge is 0.488 e. The van der Waals surface area contributed by atoms with E-state index in [-0.39, 0.29) is 5.91 Å². The molecule has 6 heteroatoms. The minimum Gasteiger partial charge on any atom is -0.488 e. The van der Waals surface area contributed by atoms with Gasteiger partial charge in [0.15, 0.2) is 0 Å². The summed E-state index contributed by atoms with van der Waals surface area (Å²) in [5, 5.41) is 3.94. The van der Waals surface area contributed by atoms with E-state index in [2.05, 4.69) is 10.5 Å². The SMILES string of the molecule is CSCCC(N)C(=O)NN=CC1=Cc2ccccc2OC1. The van der Waals surface area contributed by atoms with Gasteiger partial charge >= 0.3 is 0 Å². The third-order valence-corrected chi connectivity index (χ3v) is 3.67. The summed E-state index contributed by atoms with van der Waals surface area (Å²) < 4.78 is 5.59. The highest BCUT2D eigenvalue weighted by molar-refractivity contribution is 7.98. The lowest BCUT2D eigenvalue weighted by Crippen LogP contribution is -2.38. The highest BCUT2D eigenvalue weighted by Gasteiger charge is 2.12. The summed E-state index contributed by atoms with van der Waals surface area (Å²) in [6, 6.07) is 7.26. The van der Waals surface area contributed by atoms with Crippen LogP contribution >= 0.6 is 11.8 Å². The summed E-state index contributed by atoms with van der Waals surface area (Å²) in [5.41, 5.74) is 10.1. The summed E-state index contributed by atoms with van der Waals surface area (Å²) in [6.45, 7) is 0.439. The number of hydrazone groups is 1. The van der Waals surface area contributed by atoms with Gasteiger partial charge in [-0.3, -0.25) is 4.79 Å². The van der Waals surface area contributed by atoms with E-state index in [1.807, 2.05) is 36.6 Å². The number of thioether (sulfide) groups is 1. The van der Waals surface area contributed by atoms with Gasteiger partial charge in [-0.1, -0.05) is 18.2 Å². The Morgan fingerprint density at radius 3 is 3.19 bits per heavy atom. The fourth-order valence-electron chi connectivity index (χ4n) is 1.85. The molecule has 1 heterocycles. The first-order chi connectivity index (χ1) is 10.2. The number of nitrogens with zero attached hydrogens (tertiary/aromatic N) is 1. The third-order valence-electron chi connectivity index (χ3n) is 3.03. The molecule has 0 spiro atoms. The molecular formula is C15H19N3O2S. The number of hydrogen-bond donors (Lipinski definition) is 2. The lowest BCUT2D eigenvalue weighted by molar-refractivity contribution is -0.122. The van der Waals surface area contributed by atoms with Crippen LogP contribution in [0.2, 0.25) is 0 Å². The van der Waals surface area contributed by atoms with Crippen molar-refractivity contribution in [3.8, 4) is 5.75 Å². The monoisotopic (exact) mass is 305 g/mol. The van der Waals surface area contributed by atoms with E-state index in [4.69, 9.17) is 10.5 Å². The van der Waals surface area contributed by atoms with Crippen LogP contribution in [0.4, 0.5) is 0 Å². The number of fused-ring (bicyclic) bond motifs is 1. The van der Waals surface area contributed by atoms with E-state index >= 15 is 0 Å². The van der Waals surface area contributed by atoms with Crippen LogP contribution < -0.4 is 15.9 Å². The minimum atomic E-state index is -0.521. The number of rotatable bonds is 6. The van der Waals surface area contributed by atoms with Crippen molar-refractivity contribution in [2.45, 2.75) is 12.5 Å². The van der Waals surface area contributed by atoms with Gasteiger partial charge in [0, 0.05) is 11.1 Å². The predicted molar refractivity (Wildman–Crippen MR) is 87.5 cm³/mol. The zero-order chi connectivity index (χ0) is 15.1. The maximum Gasteiger partial charge on any atom is 0.256 e. The van der Waals surface area contributed by atoms with Crippen molar-refractivity contribution < 1.29 is 9.53 Å². The second kappa shape index (κ2) is 7.85. The van der Waals surface area contributed by atoms with Crippen molar-refractivity contribution in [3.05, 3.63) is 35.4 Å². The average molecular weight is 305 g/mol. The fraction of sp³-hybridized carbons (Fsp3) is 0.333. The summed E-state index contributed by atoms with van der Waals surface area (Å²) in [6.07, 6.45) is 6.20. The molecule has 0 bridgehead atoms. The Hall–Kier alpha value is -1.79. The molecule has 1 aromatic rings. The summed E-state index contributed by atoms with van der Waals surface area (Å²) in [4.78, 5) is 11.7. The first kappa shape index (κ1) is 15.6. The van der Waals surface area contributed by atoms with Crippen molar-refractivity contribution in [3.63, 3.8) is 0 Å². The zero-order valence-electron chi connectivity index (χ0n) is 11.9. The molecule has 1 unspecified atom stereocenters. The molecule has 1 amide bonds. The Morgan fingerprint density at radius 2 is 2.38 bits per heavy atom. The maximum absolute atomic E-state index is 11.7. The zero-order valence-corrected chi connectivity index (χ0v) is 12.7. The normalized spacial score (nSPS) is 15.0. The maximum atomic E-state index is 11.7. The van der Waals surface area contributed by atoms with Crippen LogP contribution in [0.25, 0.3) is 6.08 Å². The van der Waals surface area contributed by atoms with E-state index in [0.29, 0.717) is 13.0 Å². The topological polar surface area (TPSA) is 76.7 Å². The summed E-state index contributed by atoms with van der Waals surface area (Å²) in [7, 11) is 0. The standard InChI is InChI=1S/C15H19N3O2S/c1-21-7-6-13(16)15(19)18-17-9-11-8-12-4-2-3-5-14(12)20-10-11/h2-5,8-9,13H,6-7,10,16H2,1H3,(H,18,19). The van der Waals surface area contributed by atoms with Gasteiger partial charge in [-0.05, 0) is 30.6 Å². The first-order valence-corrected chi connectivity index (χ1v) is 8.10. The molecule has 0 radical (unpaired) electrons. The Kier molecular flexibility index (Phi) is 5.83. The number of benzene rings is 1. The van der Waals surface area contributed by atoms with Crippen molar-refractivity contribution in [1.82, 2.24) is 5.43 Å². The average Bonchev–Trinajstić information content (AvgIpc) is 2.52. The molecular weight excluding hydrogens is 286 g/mol. The Bertz CT molecular complexity index is 558. The fourth-order valence-corrected chi connectivity index (χ4v) is 2.34. The van der Waals surface area contributed by atoms with Crippen molar-refractivity contribution >= 4 is 30.0 Å². The van der Waals surface area contributed by atoms with Gasteiger partial charge in [0.2, 0.25) is 0 Å². The van der Waals surface area contributed by atoms with E-state index in [0.717, 1.165) is 22.6 Å². The van der Waals surface area contributed by atoms with Gasteiger partial charge in [0.25, 0.3) is 5.91 Å². The second-order valence-corrected chi connectivity index (χ2v) is 5.65. The molecule has 0 aliphatic carbocycles. The number of carbonyl (C=O) groups is 1. The molecule has 3 N–H and O–H groups in total. The van der Waals surface area contributed by atoms with Crippen LogP contribution in [0.3, 0.4) is 0 Å². The number of carbonyl (C=O) groups excluding carboxylic acids is 1. The smallest absolute Gasteiger partial charge is 0.256 e. The number of nitrogens with one attached hydrogen (secondary N) is 1. The highest BCUT2D eigenvalue weighted by Crippen LogP contribution is 2.24. The van der Waals surface area contributed by atoms with E-state index in [1.165, 1.54) is 0 Å². The number of ether oxygens (including phenoxy) is 1. The van der Waals surface area contributed by atoms with Crippen LogP contribution in [0.5, 0.6) is 5.75 Å². The van der Waals surface area contributed by atoms with Crippen LogP contribution in [0, 0.1) is 0 Å². The summed E-state index contributed by atoms with van der Waals surface area (Å²) in [5.74, 6) is 1.45. The van der Waals surface area contributed by atoms with E-state index < -0.39 is 6.04 Å². The third kappa shape index (κ3) is 4.61. The van der Waals surface area contributed by atoms with Crippen LogP contribution in [0.1, 0.15) is 12.0 Å². The van der Waals surface area contributed by atoms with Gasteiger partial charge in [-0.2, -0.15) is 16.9 Å². The molecule has 1 aliphatic heterocycles. The molecule has 1 aromatic carbocycles. The second-order valence-electron chi connectivity index (χ2n) is 4.67. The number of para-hydroxylation sites is 1. The molecule has 2 rings (SSSR count). The highest BCUT2D eigenvalue weighted by atomic mass is 32.2. The lowest BCUT2D eigenvalue weighted by atomic mass is 10.1. The minimum absolute atomic E-state index is 0.266. The Balaban J connectivity index is 1.88. The van der Waals surface area contributed by atoms with Gasteiger partial charge in [0.1, 0.15) is 12.4 Å². The van der Waals surface area contributed by atoms with Crippen molar-refractivity contribution in [2.75, 3.05) is 18.6 Å². The van der Waals surface area contributed by atoms with Crippen LogP contribution in [0.15, 0.2) is 34.9 Å². The molecule has 0 fully saturated rings. The van der Waals surface area contributed by atoms with Crippen molar-refractivity contribution in [2.24, 2.45) is 10.8 Å². The molecule has 0 saturated carbocycles. The number of nitrogens with two attached hydrogens (primary N) is 1. The quantitative estimate of drug-likeness (QED) is 0.619. The van der Waals surface area contributed by atoms with Crippen molar-refractivity contribution in [1.29, 1.82) is 0 Å². The van der Waals surface area contributed by atoms with Gasteiger partial charge in [0.05, 0.1) is 12.3 Å². The van der Waals surface area contributed by atoms with Crippen LogP contribution in [-0.4, -0.2) is 36.8 Å². The summed E-state index contributed by atoms with van der Waals surface area (Å²) >= 11 is 1.66. The molecule has 1 aliphatic rings. The lowest BCUT2D eigenvalue weighted by Gasteiger charge is -2.15. The van der Waals surface area contributed by atoms with Gasteiger partial charge in [-0.15, -0.1) is 0 Å². The van der Waals surface area contributed by atoms with Gasteiger partial charge < -0.3 is 10.5 Å². The van der Waals surface area contributed by atoms with E-state index in [1.54, 1.807) is 18.0 Å². The van der Waals surface area contributed by atoms with Crippen LogP contribution in [-0.2, 0) is 4.79 Å².